The van der Waals surface area contributed by atoms with Gasteiger partial charge in [-0.1, -0.05) is 13.8 Å². The van der Waals surface area contributed by atoms with Crippen molar-refractivity contribution >= 4 is 6.03 Å². The molecule has 3 rings (SSSR count). The van der Waals surface area contributed by atoms with Gasteiger partial charge in [0.1, 0.15) is 0 Å². The lowest BCUT2D eigenvalue weighted by molar-refractivity contribution is 0.0773. The van der Waals surface area contributed by atoms with Gasteiger partial charge >= 0.3 is 6.03 Å². The average Bonchev–Trinajstić information content (AvgIpc) is 2.68. The Kier molecular flexibility index (Phi) is 7.43. The van der Waals surface area contributed by atoms with Crippen LogP contribution in [0.3, 0.4) is 0 Å². The number of piperazine rings is 1. The van der Waals surface area contributed by atoms with Crippen LogP contribution in [0, 0.1) is 17.8 Å². The Balaban J connectivity index is 1.36. The molecule has 2 amide bonds. The minimum absolute atomic E-state index is 0.307. The van der Waals surface area contributed by atoms with Crippen molar-refractivity contribution in [1.29, 1.82) is 0 Å². The van der Waals surface area contributed by atoms with Crippen LogP contribution in [0.4, 0.5) is 4.79 Å². The Morgan fingerprint density at radius 2 is 1.30 bits per heavy atom. The van der Waals surface area contributed by atoms with Crippen molar-refractivity contribution in [3.05, 3.63) is 0 Å². The van der Waals surface area contributed by atoms with E-state index in [-0.39, 0.29) is 0 Å². The molecule has 27 heavy (non-hydrogen) atoms. The molecule has 3 aliphatic rings. The summed E-state index contributed by atoms with van der Waals surface area (Å²) >= 11 is 0. The number of likely N-dealkylation sites (tertiary alicyclic amines) is 2. The van der Waals surface area contributed by atoms with Crippen LogP contribution >= 0.6 is 0 Å². The van der Waals surface area contributed by atoms with Crippen LogP contribution in [0.2, 0.25) is 0 Å². The maximum atomic E-state index is 12.9. The highest BCUT2D eigenvalue weighted by Gasteiger charge is 2.30. The second-order valence-corrected chi connectivity index (χ2v) is 9.71. The molecule has 3 saturated heterocycles. The van der Waals surface area contributed by atoms with Crippen molar-refractivity contribution in [2.24, 2.45) is 17.8 Å². The Morgan fingerprint density at radius 1 is 0.778 bits per heavy atom. The maximum absolute atomic E-state index is 12.9. The molecule has 0 atom stereocenters. The molecule has 3 aliphatic heterocycles. The van der Waals surface area contributed by atoms with Crippen LogP contribution in [-0.4, -0.2) is 90.6 Å². The van der Waals surface area contributed by atoms with Crippen molar-refractivity contribution in [3.63, 3.8) is 0 Å². The van der Waals surface area contributed by atoms with E-state index in [1.165, 1.54) is 58.4 Å². The monoisotopic (exact) mass is 378 g/mol. The van der Waals surface area contributed by atoms with E-state index >= 15 is 0 Å². The molecule has 0 aliphatic carbocycles. The van der Waals surface area contributed by atoms with E-state index < -0.39 is 0 Å². The lowest BCUT2D eigenvalue weighted by Gasteiger charge is -2.41. The topological polar surface area (TPSA) is 30.0 Å². The van der Waals surface area contributed by atoms with Gasteiger partial charge in [0.05, 0.1) is 0 Å². The van der Waals surface area contributed by atoms with Crippen molar-refractivity contribution in [2.75, 3.05) is 58.9 Å². The molecule has 5 heteroatoms. The molecule has 0 bridgehead atoms. The highest BCUT2D eigenvalue weighted by molar-refractivity contribution is 5.74. The minimum Gasteiger partial charge on any atom is -0.325 e. The molecule has 0 unspecified atom stereocenters. The van der Waals surface area contributed by atoms with Crippen LogP contribution in [0.25, 0.3) is 0 Å². The van der Waals surface area contributed by atoms with Gasteiger partial charge in [-0.3, -0.25) is 4.90 Å². The first-order chi connectivity index (χ1) is 12.9. The summed E-state index contributed by atoms with van der Waals surface area (Å²) in [6.07, 6.45) is 4.72. The van der Waals surface area contributed by atoms with Crippen LogP contribution in [0.5, 0.6) is 0 Å². The van der Waals surface area contributed by atoms with Gasteiger partial charge in [-0.05, 0) is 57.3 Å². The normalized spacial score (nSPS) is 25.0. The van der Waals surface area contributed by atoms with E-state index in [0.29, 0.717) is 12.1 Å². The van der Waals surface area contributed by atoms with Crippen LogP contribution in [0.15, 0.2) is 0 Å². The number of amides is 2. The second kappa shape index (κ2) is 9.60. The molecule has 5 nitrogen and oxygen atoms in total. The summed E-state index contributed by atoms with van der Waals surface area (Å²) in [5.74, 6) is 2.32. The predicted octanol–water partition coefficient (Wildman–Crippen LogP) is 3.21. The Hall–Kier alpha value is -0.810. The molecule has 0 aromatic rings. The second-order valence-electron chi connectivity index (χ2n) is 9.71. The van der Waals surface area contributed by atoms with E-state index in [0.717, 1.165) is 43.9 Å². The third-order valence-electron chi connectivity index (χ3n) is 7.29. The predicted molar refractivity (Wildman–Crippen MR) is 112 cm³/mol. The fraction of sp³-hybridized carbons (Fsp3) is 0.955. The highest BCUT2D eigenvalue weighted by Crippen LogP contribution is 2.26. The van der Waals surface area contributed by atoms with Gasteiger partial charge in [0.2, 0.25) is 0 Å². The van der Waals surface area contributed by atoms with Crippen molar-refractivity contribution in [3.8, 4) is 0 Å². The van der Waals surface area contributed by atoms with Crippen molar-refractivity contribution < 1.29 is 4.79 Å². The van der Waals surface area contributed by atoms with Gasteiger partial charge in [-0.25, -0.2) is 4.79 Å². The quantitative estimate of drug-likeness (QED) is 0.752. The first-order valence-electron chi connectivity index (χ1n) is 11.4. The lowest BCUT2D eigenvalue weighted by Crippen LogP contribution is -2.52. The van der Waals surface area contributed by atoms with E-state index in [9.17, 15) is 4.79 Å². The maximum Gasteiger partial charge on any atom is 0.319 e. The number of rotatable bonds is 4. The standard InChI is InChI=1S/C22H42N4O/c1-18(2)21-7-11-26(12-8-21)22(27)25-9-5-20(6-10-25)17-23-13-15-24(16-14-23)19(3)4/h18-21H,5-17H2,1-4H3. The number of carbonyl (C=O) groups is 1. The molecule has 3 fully saturated rings. The first kappa shape index (κ1) is 20.9. The van der Waals surface area contributed by atoms with Gasteiger partial charge in [0.15, 0.2) is 0 Å². The van der Waals surface area contributed by atoms with E-state index in [4.69, 9.17) is 0 Å². The van der Waals surface area contributed by atoms with Crippen LogP contribution in [-0.2, 0) is 0 Å². The summed E-state index contributed by atoms with van der Waals surface area (Å²) in [6, 6.07) is 0.980. The largest absolute Gasteiger partial charge is 0.325 e. The third-order valence-corrected chi connectivity index (χ3v) is 7.29. The average molecular weight is 379 g/mol. The molecule has 0 saturated carbocycles. The fourth-order valence-corrected chi connectivity index (χ4v) is 5.09. The zero-order valence-corrected chi connectivity index (χ0v) is 18.2. The van der Waals surface area contributed by atoms with Gasteiger partial charge in [0.25, 0.3) is 0 Å². The number of piperidine rings is 2. The lowest BCUT2D eigenvalue weighted by atomic mass is 9.87. The zero-order valence-electron chi connectivity index (χ0n) is 18.2. The van der Waals surface area contributed by atoms with Gasteiger partial charge in [-0.15, -0.1) is 0 Å². The minimum atomic E-state index is 0.307. The smallest absolute Gasteiger partial charge is 0.319 e. The molecule has 0 aromatic carbocycles. The number of hydrogen-bond donors (Lipinski definition) is 0. The number of urea groups is 1. The summed E-state index contributed by atoms with van der Waals surface area (Å²) in [4.78, 5) is 22.3. The van der Waals surface area contributed by atoms with E-state index in [1.807, 2.05) is 0 Å². The van der Waals surface area contributed by atoms with Crippen LogP contribution < -0.4 is 0 Å². The molecule has 0 radical (unpaired) electrons. The van der Waals surface area contributed by atoms with Crippen molar-refractivity contribution in [2.45, 2.75) is 59.4 Å². The fourth-order valence-electron chi connectivity index (χ4n) is 5.09. The van der Waals surface area contributed by atoms with E-state index in [2.05, 4.69) is 47.3 Å². The number of hydrogen-bond acceptors (Lipinski definition) is 3. The molecule has 0 spiro atoms. The van der Waals surface area contributed by atoms with Crippen molar-refractivity contribution in [1.82, 2.24) is 19.6 Å². The van der Waals surface area contributed by atoms with Gasteiger partial charge in [0, 0.05) is 64.9 Å². The van der Waals surface area contributed by atoms with E-state index in [1.54, 1.807) is 0 Å². The summed E-state index contributed by atoms with van der Waals surface area (Å²) in [7, 11) is 0. The Morgan fingerprint density at radius 3 is 1.78 bits per heavy atom. The molecule has 3 heterocycles. The highest BCUT2D eigenvalue weighted by atomic mass is 16.2. The molecule has 156 valence electrons. The first-order valence-corrected chi connectivity index (χ1v) is 11.4. The summed E-state index contributed by atoms with van der Waals surface area (Å²) < 4.78 is 0. The molecule has 0 aromatic heterocycles. The number of carbonyl (C=O) groups excluding carboxylic acids is 1. The summed E-state index contributed by atoms with van der Waals surface area (Å²) in [5.41, 5.74) is 0. The van der Waals surface area contributed by atoms with Crippen LogP contribution in [0.1, 0.15) is 53.4 Å². The summed E-state index contributed by atoms with van der Waals surface area (Å²) in [6.45, 7) is 19.1. The zero-order chi connectivity index (χ0) is 19.4. The van der Waals surface area contributed by atoms with Gasteiger partial charge in [-0.2, -0.15) is 0 Å². The molecule has 0 N–H and O–H groups in total. The third kappa shape index (κ3) is 5.60. The molecular formula is C22H42N4O. The molecular weight excluding hydrogens is 336 g/mol. The Bertz CT molecular complexity index is 457. The Labute approximate surface area is 167 Å². The SMILES string of the molecule is CC(C)C1CCN(C(=O)N2CCC(CN3CCN(C(C)C)CC3)CC2)CC1. The number of nitrogens with zero attached hydrogens (tertiary/aromatic N) is 4. The summed E-state index contributed by atoms with van der Waals surface area (Å²) in [5, 5.41) is 0. The van der Waals surface area contributed by atoms with Gasteiger partial charge < -0.3 is 14.7 Å².